The second-order valence-corrected chi connectivity index (χ2v) is 8.76. The second-order valence-electron chi connectivity index (χ2n) is 5.03. The molecule has 1 aromatic heterocycles. The first-order valence-electron chi connectivity index (χ1n) is 6.74. The number of hydrogen-bond acceptors (Lipinski definition) is 4. The summed E-state index contributed by atoms with van der Waals surface area (Å²) in [7, 11) is -3.48. The predicted molar refractivity (Wildman–Crippen MR) is 84.2 cm³/mol. The Morgan fingerprint density at radius 1 is 1.33 bits per heavy atom. The average molecular weight is 343 g/mol. The van der Waals surface area contributed by atoms with Crippen LogP contribution >= 0.6 is 22.9 Å². The molecular formula is C14H15ClN2O2S2. The van der Waals surface area contributed by atoms with Gasteiger partial charge >= 0.3 is 0 Å². The van der Waals surface area contributed by atoms with Gasteiger partial charge in [0.05, 0.1) is 6.20 Å². The molecule has 1 atom stereocenters. The van der Waals surface area contributed by atoms with Crippen LogP contribution in [0.5, 0.6) is 0 Å². The Labute approximate surface area is 133 Å². The minimum Gasteiger partial charge on any atom is -0.232 e. The summed E-state index contributed by atoms with van der Waals surface area (Å²) in [4.78, 5) is 3.84. The molecule has 0 aliphatic carbocycles. The summed E-state index contributed by atoms with van der Waals surface area (Å²) in [6.07, 6.45) is 3.87. The van der Waals surface area contributed by atoms with Gasteiger partial charge in [0.1, 0.15) is 0 Å². The van der Waals surface area contributed by atoms with Crippen molar-refractivity contribution in [2.75, 3.05) is 6.54 Å². The molecule has 1 aliphatic rings. The van der Waals surface area contributed by atoms with Gasteiger partial charge in [0, 0.05) is 12.6 Å². The van der Waals surface area contributed by atoms with Gasteiger partial charge in [-0.05, 0) is 24.8 Å². The fourth-order valence-electron chi connectivity index (χ4n) is 2.69. The zero-order valence-electron chi connectivity index (χ0n) is 11.3. The third kappa shape index (κ3) is 3.13. The van der Waals surface area contributed by atoms with E-state index in [1.807, 2.05) is 30.3 Å². The van der Waals surface area contributed by atoms with Crippen molar-refractivity contribution in [3.05, 3.63) is 46.6 Å². The standard InChI is InChI=1S/C14H15ClN2O2S2/c15-14-16-10-13(20-14)21(18,19)17-8-4-7-12(17)9-11-5-2-1-3-6-11/h1-3,5-6,10,12H,4,7-9H2. The van der Waals surface area contributed by atoms with E-state index in [0.717, 1.165) is 36.2 Å². The molecule has 3 rings (SSSR count). The van der Waals surface area contributed by atoms with Gasteiger partial charge < -0.3 is 0 Å². The monoisotopic (exact) mass is 342 g/mol. The molecule has 1 saturated heterocycles. The zero-order chi connectivity index (χ0) is 14.9. The summed E-state index contributed by atoms with van der Waals surface area (Å²) in [5.41, 5.74) is 1.16. The lowest BCUT2D eigenvalue weighted by Crippen LogP contribution is -2.36. The summed E-state index contributed by atoms with van der Waals surface area (Å²) in [6, 6.07) is 10.0. The fourth-order valence-corrected chi connectivity index (χ4v) is 5.81. The van der Waals surface area contributed by atoms with Crippen molar-refractivity contribution in [2.45, 2.75) is 29.5 Å². The van der Waals surface area contributed by atoms with Crippen LogP contribution < -0.4 is 0 Å². The lowest BCUT2D eigenvalue weighted by molar-refractivity contribution is 0.386. The van der Waals surface area contributed by atoms with Crippen molar-refractivity contribution < 1.29 is 8.42 Å². The summed E-state index contributed by atoms with van der Waals surface area (Å²) in [5.74, 6) is 0. The molecule has 1 fully saturated rings. The maximum atomic E-state index is 12.7. The number of hydrogen-bond donors (Lipinski definition) is 0. The Bertz CT molecular complexity index is 716. The van der Waals surface area contributed by atoms with Crippen molar-refractivity contribution in [3.63, 3.8) is 0 Å². The predicted octanol–water partition coefficient (Wildman–Crippen LogP) is 3.19. The van der Waals surface area contributed by atoms with Crippen LogP contribution in [0.3, 0.4) is 0 Å². The van der Waals surface area contributed by atoms with Gasteiger partial charge in [0.2, 0.25) is 0 Å². The van der Waals surface area contributed by atoms with E-state index in [9.17, 15) is 8.42 Å². The maximum absolute atomic E-state index is 12.7. The van der Waals surface area contributed by atoms with Crippen LogP contribution in [0.1, 0.15) is 18.4 Å². The first kappa shape index (κ1) is 15.0. The molecule has 112 valence electrons. The second kappa shape index (κ2) is 6.04. The van der Waals surface area contributed by atoms with Crippen molar-refractivity contribution in [3.8, 4) is 0 Å². The molecule has 7 heteroatoms. The van der Waals surface area contributed by atoms with Crippen molar-refractivity contribution in [1.29, 1.82) is 0 Å². The van der Waals surface area contributed by atoms with Crippen LogP contribution in [0.4, 0.5) is 0 Å². The Morgan fingerprint density at radius 2 is 2.10 bits per heavy atom. The molecule has 2 heterocycles. The van der Waals surface area contributed by atoms with Crippen molar-refractivity contribution in [2.24, 2.45) is 0 Å². The minimum absolute atomic E-state index is 0.0123. The lowest BCUT2D eigenvalue weighted by Gasteiger charge is -2.23. The molecular weight excluding hydrogens is 328 g/mol. The fraction of sp³-hybridized carbons (Fsp3) is 0.357. The van der Waals surface area contributed by atoms with Crippen LogP contribution in [0.15, 0.2) is 40.7 Å². The van der Waals surface area contributed by atoms with Gasteiger partial charge in [-0.25, -0.2) is 13.4 Å². The summed E-state index contributed by atoms with van der Waals surface area (Å²) >= 11 is 6.78. The van der Waals surface area contributed by atoms with E-state index in [2.05, 4.69) is 4.98 Å². The first-order chi connectivity index (χ1) is 10.1. The number of benzene rings is 1. The summed E-state index contributed by atoms with van der Waals surface area (Å²) in [5, 5.41) is 0. The van der Waals surface area contributed by atoms with E-state index >= 15 is 0 Å². The smallest absolute Gasteiger partial charge is 0.232 e. The normalized spacial score (nSPS) is 20.0. The average Bonchev–Trinajstić information content (AvgIpc) is 3.09. The van der Waals surface area contributed by atoms with Crippen LogP contribution in [-0.2, 0) is 16.4 Å². The largest absolute Gasteiger partial charge is 0.254 e. The van der Waals surface area contributed by atoms with E-state index in [4.69, 9.17) is 11.6 Å². The molecule has 0 radical (unpaired) electrons. The molecule has 0 amide bonds. The molecule has 0 saturated carbocycles. The van der Waals surface area contributed by atoms with Crippen LogP contribution in [0.25, 0.3) is 0 Å². The van der Waals surface area contributed by atoms with Gasteiger partial charge in [0.15, 0.2) is 8.68 Å². The highest BCUT2D eigenvalue weighted by Gasteiger charge is 2.36. The van der Waals surface area contributed by atoms with Crippen LogP contribution in [0, 0.1) is 0 Å². The molecule has 1 aromatic carbocycles. The number of halogens is 1. The Morgan fingerprint density at radius 3 is 2.76 bits per heavy atom. The van der Waals surface area contributed by atoms with E-state index in [-0.39, 0.29) is 14.7 Å². The Kier molecular flexibility index (Phi) is 4.31. The highest BCUT2D eigenvalue weighted by atomic mass is 35.5. The Hall–Kier alpha value is -0.950. The van der Waals surface area contributed by atoms with Gasteiger partial charge in [-0.2, -0.15) is 4.31 Å². The molecule has 2 aromatic rings. The zero-order valence-corrected chi connectivity index (χ0v) is 13.7. The number of thiazole rings is 1. The SMILES string of the molecule is O=S(=O)(c1cnc(Cl)s1)N1CCCC1Cc1ccccc1. The Balaban J connectivity index is 1.84. The molecule has 1 aliphatic heterocycles. The highest BCUT2D eigenvalue weighted by molar-refractivity contribution is 7.91. The molecule has 0 spiro atoms. The minimum atomic E-state index is -3.48. The van der Waals surface area contributed by atoms with E-state index in [0.29, 0.717) is 6.54 Å². The topological polar surface area (TPSA) is 50.3 Å². The van der Waals surface area contributed by atoms with Crippen molar-refractivity contribution >= 4 is 33.0 Å². The number of sulfonamides is 1. The van der Waals surface area contributed by atoms with Gasteiger partial charge in [-0.1, -0.05) is 53.3 Å². The van der Waals surface area contributed by atoms with Crippen molar-refractivity contribution in [1.82, 2.24) is 9.29 Å². The third-order valence-corrected chi connectivity index (χ3v) is 7.16. The van der Waals surface area contributed by atoms with Gasteiger partial charge in [-0.3, -0.25) is 0 Å². The van der Waals surface area contributed by atoms with Gasteiger partial charge in [-0.15, -0.1) is 0 Å². The molecule has 0 bridgehead atoms. The molecule has 4 nitrogen and oxygen atoms in total. The summed E-state index contributed by atoms with van der Waals surface area (Å²) in [6.45, 7) is 0.565. The third-order valence-electron chi connectivity index (χ3n) is 3.66. The lowest BCUT2D eigenvalue weighted by atomic mass is 10.1. The van der Waals surface area contributed by atoms with Crippen LogP contribution in [-0.4, -0.2) is 30.3 Å². The number of nitrogens with zero attached hydrogens (tertiary/aromatic N) is 2. The first-order valence-corrected chi connectivity index (χ1v) is 9.38. The molecule has 0 N–H and O–H groups in total. The van der Waals surface area contributed by atoms with Crippen LogP contribution in [0.2, 0.25) is 4.47 Å². The quantitative estimate of drug-likeness (QED) is 0.857. The van der Waals surface area contributed by atoms with E-state index in [1.54, 1.807) is 4.31 Å². The maximum Gasteiger partial charge on any atom is 0.254 e. The molecule has 1 unspecified atom stereocenters. The van der Waals surface area contributed by atoms with E-state index < -0.39 is 10.0 Å². The van der Waals surface area contributed by atoms with Gasteiger partial charge in [0.25, 0.3) is 10.0 Å². The molecule has 21 heavy (non-hydrogen) atoms. The van der Waals surface area contributed by atoms with E-state index in [1.165, 1.54) is 6.20 Å². The number of rotatable bonds is 4. The number of aromatic nitrogens is 1. The summed E-state index contributed by atoms with van der Waals surface area (Å²) < 4.78 is 27.5. The highest BCUT2D eigenvalue weighted by Crippen LogP contribution is 2.31.